The highest BCUT2D eigenvalue weighted by atomic mass is 16.5. The highest BCUT2D eigenvalue weighted by molar-refractivity contribution is 5.94. The summed E-state index contributed by atoms with van der Waals surface area (Å²) in [5.74, 6) is -2.92. The Morgan fingerprint density at radius 2 is 1.40 bits per heavy atom. The summed E-state index contributed by atoms with van der Waals surface area (Å²) in [5, 5.41) is 10.5. The minimum atomic E-state index is -1.05. The molecule has 274 valence electrons. The topological polar surface area (TPSA) is 195 Å². The molecule has 0 spiro atoms. The molecule has 0 aromatic heterocycles. The van der Waals surface area contributed by atoms with Crippen LogP contribution in [0.2, 0.25) is 0 Å². The van der Waals surface area contributed by atoms with Gasteiger partial charge in [0, 0.05) is 13.3 Å². The number of rotatable bonds is 21. The summed E-state index contributed by atoms with van der Waals surface area (Å²) in [7, 11) is 0. The zero-order chi connectivity index (χ0) is 37.1. The van der Waals surface area contributed by atoms with Crippen molar-refractivity contribution in [1.29, 1.82) is 0 Å². The molecule has 0 fully saturated rings. The molecule has 0 saturated carbocycles. The van der Waals surface area contributed by atoms with Crippen molar-refractivity contribution in [3.8, 4) is 5.75 Å². The van der Waals surface area contributed by atoms with E-state index in [-0.39, 0.29) is 25.4 Å². The predicted molar refractivity (Wildman–Crippen MR) is 189 cm³/mol. The smallest absolute Gasteiger partial charge is 0.328 e. The van der Waals surface area contributed by atoms with Crippen LogP contribution in [0.15, 0.2) is 54.6 Å². The van der Waals surface area contributed by atoms with Crippen LogP contribution in [0.25, 0.3) is 0 Å². The lowest BCUT2D eigenvalue weighted by Gasteiger charge is -2.24. The van der Waals surface area contributed by atoms with E-state index in [1.165, 1.54) is 13.8 Å². The van der Waals surface area contributed by atoms with Gasteiger partial charge in [-0.25, -0.2) is 4.79 Å². The van der Waals surface area contributed by atoms with Gasteiger partial charge in [0.1, 0.15) is 23.9 Å². The van der Waals surface area contributed by atoms with E-state index >= 15 is 0 Å². The molecule has 6 N–H and O–H groups in total. The van der Waals surface area contributed by atoms with Crippen LogP contribution in [0.5, 0.6) is 5.75 Å². The van der Waals surface area contributed by atoms with Gasteiger partial charge in [0.05, 0.1) is 19.2 Å². The summed E-state index contributed by atoms with van der Waals surface area (Å²) in [6, 6.07) is 11.7. The first-order chi connectivity index (χ1) is 23.8. The molecule has 0 aliphatic rings. The van der Waals surface area contributed by atoms with Crippen LogP contribution in [0, 0.1) is 5.92 Å². The van der Waals surface area contributed by atoms with Crippen molar-refractivity contribution in [2.45, 2.75) is 104 Å². The molecule has 0 aliphatic heterocycles. The molecular weight excluding hydrogens is 642 g/mol. The third kappa shape index (κ3) is 16.1. The number of hydrogen-bond acceptors (Lipinski definition) is 9. The molecule has 4 atom stereocenters. The lowest BCUT2D eigenvalue weighted by molar-refractivity contribution is -0.148. The van der Waals surface area contributed by atoms with Gasteiger partial charge in [0.15, 0.2) is 0 Å². The number of carbonyl (C=O) groups excluding carboxylic acids is 6. The van der Waals surface area contributed by atoms with E-state index in [4.69, 9.17) is 15.2 Å². The van der Waals surface area contributed by atoms with Crippen LogP contribution in [0.3, 0.4) is 0 Å². The van der Waals surface area contributed by atoms with Crippen molar-refractivity contribution in [3.63, 3.8) is 0 Å². The Labute approximate surface area is 294 Å². The molecule has 0 heterocycles. The number of unbranched alkanes of at least 4 members (excludes halogenated alkanes) is 3. The van der Waals surface area contributed by atoms with Gasteiger partial charge in [0.25, 0.3) is 0 Å². The number of carbonyl (C=O) groups is 6. The minimum absolute atomic E-state index is 0.0857. The summed E-state index contributed by atoms with van der Waals surface area (Å²) in [6.45, 7) is 8.51. The Kier molecular flexibility index (Phi) is 18.2. The molecule has 0 saturated heterocycles. The number of amides is 4. The number of ether oxygens (including phenoxy) is 2. The van der Waals surface area contributed by atoms with Crippen LogP contribution in [-0.4, -0.2) is 72.9 Å². The second-order valence-corrected chi connectivity index (χ2v) is 12.7. The van der Waals surface area contributed by atoms with Gasteiger partial charge in [-0.2, -0.15) is 0 Å². The number of nitrogens with one attached hydrogen (secondary N) is 4. The highest BCUT2D eigenvalue weighted by Crippen LogP contribution is 2.14. The molecule has 4 amide bonds. The average molecular weight is 696 g/mol. The normalized spacial score (nSPS) is 13.3. The molecule has 0 bridgehead atoms. The van der Waals surface area contributed by atoms with Gasteiger partial charge >= 0.3 is 11.9 Å². The van der Waals surface area contributed by atoms with Crippen molar-refractivity contribution >= 4 is 35.6 Å². The van der Waals surface area contributed by atoms with Crippen LogP contribution in [0.4, 0.5) is 0 Å². The second kappa shape index (κ2) is 22.0. The maximum Gasteiger partial charge on any atom is 0.328 e. The third-order valence-corrected chi connectivity index (χ3v) is 7.64. The van der Waals surface area contributed by atoms with E-state index in [2.05, 4.69) is 28.2 Å². The van der Waals surface area contributed by atoms with Crippen LogP contribution < -0.4 is 31.7 Å². The molecular formula is C37H53N5O8. The number of esters is 2. The molecule has 0 radical (unpaired) electrons. The zero-order valence-corrected chi connectivity index (χ0v) is 29.8. The summed E-state index contributed by atoms with van der Waals surface area (Å²) >= 11 is 0. The minimum Gasteiger partial charge on any atom is -0.464 e. The van der Waals surface area contributed by atoms with E-state index in [0.717, 1.165) is 36.8 Å². The van der Waals surface area contributed by atoms with E-state index in [0.29, 0.717) is 12.2 Å². The van der Waals surface area contributed by atoms with Crippen molar-refractivity contribution in [3.05, 3.63) is 65.7 Å². The fraction of sp³-hybridized carbons (Fsp3) is 0.514. The standard InChI is InChI=1S/C37H53N5O8/c1-6-7-8-12-19-49-37(48)32(20-24(2)3)42-36(47)31(22-27-13-10-9-11-14-27)41-33(44)23-39-34(45)25(4)40-35(46)30(38)21-28-15-17-29(18-16-28)50-26(5)43/h9-11,13-18,24-25,30-32H,6-8,12,19-23,38H2,1-5H3,(H,39,45)(H,40,46)(H,41,44)(H,42,47). The van der Waals surface area contributed by atoms with Crippen molar-refractivity contribution in [2.75, 3.05) is 13.2 Å². The molecule has 2 rings (SSSR count). The molecule has 2 aromatic carbocycles. The third-order valence-electron chi connectivity index (χ3n) is 7.64. The summed E-state index contributed by atoms with van der Waals surface area (Å²) < 4.78 is 10.5. The number of benzene rings is 2. The number of nitrogens with two attached hydrogens (primary N) is 1. The van der Waals surface area contributed by atoms with E-state index in [1.54, 1.807) is 24.3 Å². The molecule has 2 aromatic rings. The maximum atomic E-state index is 13.5. The molecule has 13 nitrogen and oxygen atoms in total. The Bertz CT molecular complexity index is 1400. The first-order valence-electron chi connectivity index (χ1n) is 17.2. The van der Waals surface area contributed by atoms with Gasteiger partial charge in [0.2, 0.25) is 23.6 Å². The Morgan fingerprint density at radius 3 is 2.02 bits per heavy atom. The Morgan fingerprint density at radius 1 is 0.740 bits per heavy atom. The summed E-state index contributed by atoms with van der Waals surface area (Å²) in [6.07, 6.45) is 4.46. The SMILES string of the molecule is CCCCCCOC(=O)C(CC(C)C)NC(=O)C(Cc1ccccc1)NC(=O)CNC(=O)C(C)NC(=O)C(N)Cc1ccc(OC(C)=O)cc1. The van der Waals surface area contributed by atoms with E-state index in [1.807, 2.05) is 44.2 Å². The lowest BCUT2D eigenvalue weighted by atomic mass is 10.0. The second-order valence-electron chi connectivity index (χ2n) is 12.7. The van der Waals surface area contributed by atoms with Gasteiger partial charge in [-0.1, -0.05) is 82.5 Å². The van der Waals surface area contributed by atoms with Crippen LogP contribution in [-0.2, 0) is 46.3 Å². The fourth-order valence-electron chi connectivity index (χ4n) is 4.98. The monoisotopic (exact) mass is 695 g/mol. The lowest BCUT2D eigenvalue weighted by Crippen LogP contribution is -2.55. The first kappa shape index (κ1) is 41.4. The zero-order valence-electron chi connectivity index (χ0n) is 29.8. The van der Waals surface area contributed by atoms with Crippen molar-refractivity contribution in [2.24, 2.45) is 11.7 Å². The van der Waals surface area contributed by atoms with Crippen molar-refractivity contribution < 1.29 is 38.2 Å². The summed E-state index contributed by atoms with van der Waals surface area (Å²) in [4.78, 5) is 75.9. The molecule has 13 heteroatoms. The molecule has 4 unspecified atom stereocenters. The van der Waals surface area contributed by atoms with Gasteiger partial charge in [-0.3, -0.25) is 24.0 Å². The van der Waals surface area contributed by atoms with E-state index in [9.17, 15) is 28.8 Å². The van der Waals surface area contributed by atoms with E-state index < -0.39 is 66.3 Å². The fourth-order valence-corrected chi connectivity index (χ4v) is 4.98. The van der Waals surface area contributed by atoms with Gasteiger partial charge < -0.3 is 36.5 Å². The Balaban J connectivity index is 1.96. The quantitative estimate of drug-likeness (QED) is 0.0741. The van der Waals surface area contributed by atoms with Gasteiger partial charge in [-0.15, -0.1) is 0 Å². The Hall–Kier alpha value is -4.78. The van der Waals surface area contributed by atoms with Crippen LogP contribution >= 0.6 is 0 Å². The highest BCUT2D eigenvalue weighted by Gasteiger charge is 2.29. The molecule has 50 heavy (non-hydrogen) atoms. The largest absolute Gasteiger partial charge is 0.464 e. The maximum absolute atomic E-state index is 13.5. The number of hydrogen-bond donors (Lipinski definition) is 5. The summed E-state index contributed by atoms with van der Waals surface area (Å²) in [5.41, 5.74) is 7.55. The first-order valence-corrected chi connectivity index (χ1v) is 17.2. The van der Waals surface area contributed by atoms with Crippen LogP contribution in [0.1, 0.15) is 77.8 Å². The van der Waals surface area contributed by atoms with Gasteiger partial charge in [-0.05, 0) is 55.4 Å². The van der Waals surface area contributed by atoms with Crippen molar-refractivity contribution in [1.82, 2.24) is 21.3 Å². The predicted octanol–water partition coefficient (Wildman–Crippen LogP) is 2.48. The average Bonchev–Trinajstić information content (AvgIpc) is 3.07. The molecule has 0 aliphatic carbocycles.